The lowest BCUT2D eigenvalue weighted by Gasteiger charge is -2.22. The number of ether oxygens (including phenoxy) is 3. The van der Waals surface area contributed by atoms with Crippen molar-refractivity contribution in [1.82, 2.24) is 0 Å². The van der Waals surface area contributed by atoms with Crippen LogP contribution in [0.25, 0.3) is 0 Å². The van der Waals surface area contributed by atoms with Crippen LogP contribution in [0.5, 0.6) is 0 Å². The molecule has 0 aliphatic heterocycles. The van der Waals surface area contributed by atoms with E-state index >= 15 is 0 Å². The summed E-state index contributed by atoms with van der Waals surface area (Å²) in [5.74, 6) is 0. The van der Waals surface area contributed by atoms with Crippen LogP contribution < -0.4 is 0 Å². The molecule has 0 saturated carbocycles. The van der Waals surface area contributed by atoms with Gasteiger partial charge in [-0.15, -0.1) is 0 Å². The number of hydrogen-bond donors (Lipinski definition) is 1. The monoisotopic (exact) mass is 342 g/mol. The Labute approximate surface area is 149 Å². The maximum Gasteiger partial charge on any atom is 0.177 e. The van der Waals surface area contributed by atoms with E-state index < -0.39 is 6.29 Å². The minimum atomic E-state index is -1.02. The first-order chi connectivity index (χ1) is 12.1. The van der Waals surface area contributed by atoms with Crippen LogP contribution in [-0.4, -0.2) is 30.7 Å². The summed E-state index contributed by atoms with van der Waals surface area (Å²) in [6.07, 6.45) is -1.40. The number of benzene rings is 2. The highest BCUT2D eigenvalue weighted by Gasteiger charge is 2.16. The van der Waals surface area contributed by atoms with Crippen molar-refractivity contribution < 1.29 is 19.3 Å². The van der Waals surface area contributed by atoms with Gasteiger partial charge in [-0.25, -0.2) is 0 Å². The van der Waals surface area contributed by atoms with Crippen molar-refractivity contribution in [3.63, 3.8) is 0 Å². The van der Waals surface area contributed by atoms with E-state index in [9.17, 15) is 5.11 Å². The van der Waals surface area contributed by atoms with Gasteiger partial charge >= 0.3 is 0 Å². The van der Waals surface area contributed by atoms with E-state index in [1.807, 2.05) is 60.7 Å². The molecule has 2 aromatic carbocycles. The van der Waals surface area contributed by atoms with Crippen molar-refractivity contribution in [3.8, 4) is 0 Å². The molecular weight excluding hydrogens is 316 g/mol. The van der Waals surface area contributed by atoms with Gasteiger partial charge in [0.1, 0.15) is 6.10 Å². The Bertz CT molecular complexity index is 567. The summed E-state index contributed by atoms with van der Waals surface area (Å²) in [7, 11) is 0. The molecule has 0 saturated heterocycles. The van der Waals surface area contributed by atoms with Crippen LogP contribution in [0.2, 0.25) is 0 Å². The zero-order chi connectivity index (χ0) is 17.9. The molecule has 25 heavy (non-hydrogen) atoms. The maximum absolute atomic E-state index is 9.90. The lowest BCUT2D eigenvalue weighted by Crippen LogP contribution is -2.31. The van der Waals surface area contributed by atoms with Crippen LogP contribution in [-0.2, 0) is 27.4 Å². The molecule has 0 heterocycles. The molecule has 4 nitrogen and oxygen atoms in total. The predicted octanol–water partition coefficient (Wildman–Crippen LogP) is 3.70. The predicted molar refractivity (Wildman–Crippen MR) is 97.9 cm³/mol. The number of aliphatic hydroxyl groups excluding tert-OH is 1. The first kappa shape index (κ1) is 19.3. The normalized spacial score (nSPS) is 12.3. The molecule has 2 rings (SSSR count). The van der Waals surface area contributed by atoms with Gasteiger partial charge in [-0.1, -0.05) is 67.2 Å². The summed E-state index contributed by atoms with van der Waals surface area (Å²) in [6.45, 7) is 7.06. The summed E-state index contributed by atoms with van der Waals surface area (Å²) in [4.78, 5) is 0. The second-order valence-corrected chi connectivity index (χ2v) is 5.96. The van der Waals surface area contributed by atoms with Gasteiger partial charge in [-0.3, -0.25) is 0 Å². The van der Waals surface area contributed by atoms with Crippen molar-refractivity contribution in [2.75, 3.05) is 13.2 Å². The van der Waals surface area contributed by atoms with Crippen LogP contribution in [0, 0.1) is 0 Å². The second-order valence-electron chi connectivity index (χ2n) is 5.96. The molecule has 0 spiro atoms. The first-order valence-corrected chi connectivity index (χ1v) is 8.37. The van der Waals surface area contributed by atoms with Gasteiger partial charge in [0.25, 0.3) is 0 Å². The summed E-state index contributed by atoms with van der Waals surface area (Å²) in [6, 6.07) is 19.8. The first-order valence-electron chi connectivity index (χ1n) is 8.37. The lowest BCUT2D eigenvalue weighted by atomic mass is 10.2. The molecular formula is C21H26O4. The summed E-state index contributed by atoms with van der Waals surface area (Å²) in [5, 5.41) is 9.90. The topological polar surface area (TPSA) is 47.9 Å². The van der Waals surface area contributed by atoms with Crippen molar-refractivity contribution in [1.29, 1.82) is 0 Å². The molecule has 0 amide bonds. The van der Waals surface area contributed by atoms with Gasteiger partial charge in [0.15, 0.2) is 6.29 Å². The van der Waals surface area contributed by atoms with E-state index in [0.29, 0.717) is 32.0 Å². The van der Waals surface area contributed by atoms with Gasteiger partial charge < -0.3 is 19.3 Å². The summed E-state index contributed by atoms with van der Waals surface area (Å²) < 4.78 is 17.0. The average Bonchev–Trinajstić information content (AvgIpc) is 2.63. The van der Waals surface area contributed by atoms with Crippen molar-refractivity contribution >= 4 is 0 Å². The highest BCUT2D eigenvalue weighted by Crippen LogP contribution is 2.09. The highest BCUT2D eigenvalue weighted by molar-refractivity contribution is 5.14. The van der Waals surface area contributed by atoms with Gasteiger partial charge in [0.2, 0.25) is 0 Å². The smallest absolute Gasteiger partial charge is 0.177 e. The quantitative estimate of drug-likeness (QED) is 0.500. The Balaban J connectivity index is 1.80. The molecule has 0 fully saturated rings. The van der Waals surface area contributed by atoms with E-state index in [1.165, 1.54) is 0 Å². The third-order valence-electron chi connectivity index (χ3n) is 3.57. The van der Waals surface area contributed by atoms with Gasteiger partial charge in [-0.05, 0) is 23.6 Å². The van der Waals surface area contributed by atoms with Crippen LogP contribution in [0.3, 0.4) is 0 Å². The highest BCUT2D eigenvalue weighted by atomic mass is 16.6. The molecule has 0 bridgehead atoms. The summed E-state index contributed by atoms with van der Waals surface area (Å²) >= 11 is 0. The van der Waals surface area contributed by atoms with Crippen molar-refractivity contribution in [2.24, 2.45) is 0 Å². The fourth-order valence-electron chi connectivity index (χ4n) is 2.19. The SMILES string of the molecule is C=C(C)C(O)OC(COCc1ccccc1)COCc1ccccc1. The van der Waals surface area contributed by atoms with Crippen molar-refractivity contribution in [3.05, 3.63) is 83.9 Å². The van der Waals surface area contributed by atoms with Gasteiger partial charge in [0, 0.05) is 0 Å². The fourth-order valence-corrected chi connectivity index (χ4v) is 2.19. The Kier molecular flexibility index (Phi) is 8.35. The molecule has 0 radical (unpaired) electrons. The second kappa shape index (κ2) is 10.8. The molecule has 1 atom stereocenters. The Morgan fingerprint density at radius 3 is 1.72 bits per heavy atom. The lowest BCUT2D eigenvalue weighted by molar-refractivity contribution is -0.153. The molecule has 4 heteroatoms. The van der Waals surface area contributed by atoms with E-state index in [0.717, 1.165) is 11.1 Å². The molecule has 1 N–H and O–H groups in total. The van der Waals surface area contributed by atoms with E-state index in [1.54, 1.807) is 6.92 Å². The largest absolute Gasteiger partial charge is 0.374 e. The molecule has 2 aromatic rings. The van der Waals surface area contributed by atoms with Crippen LogP contribution in [0.15, 0.2) is 72.8 Å². The summed E-state index contributed by atoms with van der Waals surface area (Å²) in [5.41, 5.74) is 2.73. The van der Waals surface area contributed by atoms with E-state index in [4.69, 9.17) is 14.2 Å². The third kappa shape index (κ3) is 7.63. The van der Waals surface area contributed by atoms with Gasteiger partial charge in [-0.2, -0.15) is 0 Å². The standard InChI is InChI=1S/C21H26O4/c1-17(2)21(22)25-20(15-23-13-18-9-5-3-6-10-18)16-24-14-19-11-7-4-8-12-19/h3-12,20-22H,1,13-16H2,2H3. The number of rotatable bonds is 11. The minimum absolute atomic E-state index is 0.327. The van der Waals surface area contributed by atoms with Crippen LogP contribution in [0.4, 0.5) is 0 Å². The van der Waals surface area contributed by atoms with E-state index in [2.05, 4.69) is 6.58 Å². The maximum atomic E-state index is 9.90. The fraction of sp³-hybridized carbons (Fsp3) is 0.333. The van der Waals surface area contributed by atoms with Crippen molar-refractivity contribution in [2.45, 2.75) is 32.5 Å². The molecule has 0 aromatic heterocycles. The average molecular weight is 342 g/mol. The van der Waals surface area contributed by atoms with E-state index in [-0.39, 0.29) is 6.10 Å². The molecule has 134 valence electrons. The van der Waals surface area contributed by atoms with Crippen LogP contribution in [0.1, 0.15) is 18.1 Å². The number of aliphatic hydroxyl groups is 1. The van der Waals surface area contributed by atoms with Gasteiger partial charge in [0.05, 0.1) is 26.4 Å². The number of hydrogen-bond acceptors (Lipinski definition) is 4. The molecule has 0 aliphatic rings. The molecule has 1 unspecified atom stereocenters. The third-order valence-corrected chi connectivity index (χ3v) is 3.57. The molecule has 0 aliphatic carbocycles. The zero-order valence-electron chi connectivity index (χ0n) is 14.6. The van der Waals surface area contributed by atoms with Crippen LogP contribution >= 0.6 is 0 Å². The Morgan fingerprint density at radius 1 is 0.880 bits per heavy atom. The zero-order valence-corrected chi connectivity index (χ0v) is 14.6. The Morgan fingerprint density at radius 2 is 1.32 bits per heavy atom. The Hall–Kier alpha value is -1.98. The minimum Gasteiger partial charge on any atom is -0.374 e.